The molecule has 5 heteroatoms. The summed E-state index contributed by atoms with van der Waals surface area (Å²) in [7, 11) is 0. The number of benzene rings is 1. The lowest BCUT2D eigenvalue weighted by molar-refractivity contribution is 0.119. The van der Waals surface area contributed by atoms with Crippen LogP contribution in [0.3, 0.4) is 0 Å². The number of para-hydroxylation sites is 1. The van der Waals surface area contributed by atoms with E-state index in [9.17, 15) is 0 Å². The van der Waals surface area contributed by atoms with E-state index in [0.29, 0.717) is 0 Å². The van der Waals surface area contributed by atoms with Gasteiger partial charge < -0.3 is 4.74 Å². The van der Waals surface area contributed by atoms with Crippen molar-refractivity contribution in [2.45, 2.75) is 39.8 Å². The number of hydrogen-bond acceptors (Lipinski definition) is 5. The van der Waals surface area contributed by atoms with Gasteiger partial charge in [0.2, 0.25) is 0 Å². The number of piperazine rings is 1. The maximum atomic E-state index is 6.24. The van der Waals surface area contributed by atoms with Crippen LogP contribution in [-0.2, 0) is 13.1 Å². The first kappa shape index (κ1) is 22.3. The van der Waals surface area contributed by atoms with Gasteiger partial charge in [-0.2, -0.15) is 0 Å². The average Bonchev–Trinajstić information content (AvgIpc) is 2.78. The Bertz CT molecular complexity index is 819. The molecule has 1 aromatic heterocycles. The third kappa shape index (κ3) is 6.52. The second-order valence-corrected chi connectivity index (χ2v) is 9.32. The molecule has 2 saturated heterocycles. The van der Waals surface area contributed by atoms with E-state index in [1.165, 1.54) is 42.8 Å². The minimum atomic E-state index is 0.779. The molecule has 0 spiro atoms. The molecule has 0 radical (unpaired) electrons. The van der Waals surface area contributed by atoms with Crippen LogP contribution >= 0.6 is 0 Å². The molecule has 0 bridgehead atoms. The number of piperidine rings is 1. The Kier molecular flexibility index (Phi) is 7.95. The molecular formula is C26H38N4O. The van der Waals surface area contributed by atoms with E-state index < -0.39 is 0 Å². The lowest BCUT2D eigenvalue weighted by Crippen LogP contribution is -2.45. The van der Waals surface area contributed by atoms with Gasteiger partial charge in [-0.1, -0.05) is 31.2 Å². The highest BCUT2D eigenvalue weighted by molar-refractivity contribution is 5.33. The Morgan fingerprint density at radius 1 is 0.935 bits per heavy atom. The maximum Gasteiger partial charge on any atom is 0.123 e. The number of hydrogen-bond donors (Lipinski definition) is 0. The van der Waals surface area contributed by atoms with Crippen LogP contribution in [0.15, 0.2) is 42.6 Å². The van der Waals surface area contributed by atoms with Crippen molar-refractivity contribution in [3.63, 3.8) is 0 Å². The molecule has 1 unspecified atom stereocenters. The topological polar surface area (TPSA) is 31.8 Å². The summed E-state index contributed by atoms with van der Waals surface area (Å²) in [6.45, 7) is 15.0. The van der Waals surface area contributed by atoms with E-state index in [1.807, 2.05) is 12.3 Å². The van der Waals surface area contributed by atoms with Crippen molar-refractivity contribution in [2.75, 3.05) is 52.4 Å². The van der Waals surface area contributed by atoms with E-state index in [2.05, 4.69) is 63.9 Å². The maximum absolute atomic E-state index is 6.24. The fourth-order valence-corrected chi connectivity index (χ4v) is 4.79. The van der Waals surface area contributed by atoms with Gasteiger partial charge in [0.25, 0.3) is 0 Å². The number of pyridine rings is 1. The second kappa shape index (κ2) is 11.1. The predicted molar refractivity (Wildman–Crippen MR) is 126 cm³/mol. The third-order valence-electron chi connectivity index (χ3n) is 6.73. The van der Waals surface area contributed by atoms with Gasteiger partial charge in [0.05, 0.1) is 5.69 Å². The van der Waals surface area contributed by atoms with Crippen LogP contribution in [-0.4, -0.2) is 72.1 Å². The third-order valence-corrected chi connectivity index (χ3v) is 6.73. The van der Waals surface area contributed by atoms with E-state index in [0.717, 1.165) is 64.1 Å². The number of rotatable bonds is 8. The largest absolute Gasteiger partial charge is 0.492 e. The summed E-state index contributed by atoms with van der Waals surface area (Å²) in [5.74, 6) is 1.88. The molecule has 2 aliphatic rings. The molecule has 168 valence electrons. The first-order valence-electron chi connectivity index (χ1n) is 12.0. The highest BCUT2D eigenvalue weighted by Crippen LogP contribution is 2.22. The van der Waals surface area contributed by atoms with E-state index >= 15 is 0 Å². The molecule has 2 fully saturated rings. The van der Waals surface area contributed by atoms with Crippen LogP contribution in [0, 0.1) is 12.8 Å². The van der Waals surface area contributed by atoms with Gasteiger partial charge in [0.1, 0.15) is 12.4 Å². The number of ether oxygens (including phenoxy) is 1. The summed E-state index contributed by atoms with van der Waals surface area (Å²) in [6.07, 6.45) is 4.60. The van der Waals surface area contributed by atoms with Gasteiger partial charge in [-0.15, -0.1) is 0 Å². The van der Waals surface area contributed by atoms with Crippen molar-refractivity contribution in [3.05, 3.63) is 59.4 Å². The van der Waals surface area contributed by atoms with Crippen LogP contribution in [0.1, 0.15) is 36.6 Å². The molecule has 31 heavy (non-hydrogen) atoms. The molecule has 2 aliphatic heterocycles. The van der Waals surface area contributed by atoms with Crippen molar-refractivity contribution < 1.29 is 4.74 Å². The number of likely N-dealkylation sites (tertiary alicyclic amines) is 1. The summed E-state index contributed by atoms with van der Waals surface area (Å²) in [6, 6.07) is 12.8. The van der Waals surface area contributed by atoms with Crippen LogP contribution < -0.4 is 4.74 Å². The molecule has 0 saturated carbocycles. The molecule has 0 amide bonds. The smallest absolute Gasteiger partial charge is 0.123 e. The van der Waals surface area contributed by atoms with Crippen LogP contribution in [0.2, 0.25) is 0 Å². The van der Waals surface area contributed by atoms with Crippen molar-refractivity contribution in [1.82, 2.24) is 19.7 Å². The lowest BCUT2D eigenvalue weighted by atomic mass is 10.0. The zero-order valence-corrected chi connectivity index (χ0v) is 19.3. The Balaban J connectivity index is 1.24. The SMILES string of the molecule is Cc1cccnc1CN1CCN(Cc2ccccc2OCCN2CCCC(C)C2)CC1. The molecule has 1 atom stereocenters. The first-order valence-corrected chi connectivity index (χ1v) is 12.0. The molecule has 1 aromatic carbocycles. The molecular weight excluding hydrogens is 384 g/mol. The number of aryl methyl sites for hydroxylation is 1. The molecule has 3 heterocycles. The predicted octanol–water partition coefficient (Wildman–Crippen LogP) is 3.82. The standard InChI is InChI=1S/C26H38N4O/c1-22-7-6-12-28(19-22)17-18-31-26-10-4-3-9-24(26)20-29-13-15-30(16-14-29)21-25-23(2)8-5-11-27-25/h3-5,8-11,22H,6-7,12-21H2,1-2H3. The van der Waals surface area contributed by atoms with Crippen molar-refractivity contribution in [2.24, 2.45) is 5.92 Å². The van der Waals surface area contributed by atoms with Gasteiger partial charge in [-0.05, 0) is 49.9 Å². The van der Waals surface area contributed by atoms with E-state index in [1.54, 1.807) is 0 Å². The summed E-state index contributed by atoms with van der Waals surface area (Å²) >= 11 is 0. The zero-order valence-electron chi connectivity index (χ0n) is 19.3. The normalized spacial score (nSPS) is 21.3. The van der Waals surface area contributed by atoms with Crippen molar-refractivity contribution in [3.8, 4) is 5.75 Å². The summed E-state index contributed by atoms with van der Waals surface area (Å²) in [4.78, 5) is 12.2. The Morgan fingerprint density at radius 3 is 2.48 bits per heavy atom. The molecule has 2 aromatic rings. The van der Waals surface area contributed by atoms with Crippen LogP contribution in [0.5, 0.6) is 5.75 Å². The number of nitrogens with zero attached hydrogens (tertiary/aromatic N) is 4. The van der Waals surface area contributed by atoms with Crippen molar-refractivity contribution >= 4 is 0 Å². The summed E-state index contributed by atoms with van der Waals surface area (Å²) < 4.78 is 6.24. The summed E-state index contributed by atoms with van der Waals surface area (Å²) in [5.41, 5.74) is 3.80. The summed E-state index contributed by atoms with van der Waals surface area (Å²) in [5, 5.41) is 0. The monoisotopic (exact) mass is 422 g/mol. The molecule has 4 rings (SSSR count). The molecule has 5 nitrogen and oxygen atoms in total. The fourth-order valence-electron chi connectivity index (χ4n) is 4.79. The van der Waals surface area contributed by atoms with E-state index in [4.69, 9.17) is 4.74 Å². The second-order valence-electron chi connectivity index (χ2n) is 9.32. The van der Waals surface area contributed by atoms with Crippen molar-refractivity contribution in [1.29, 1.82) is 0 Å². The highest BCUT2D eigenvalue weighted by Gasteiger charge is 2.20. The van der Waals surface area contributed by atoms with Gasteiger partial charge >= 0.3 is 0 Å². The Labute approximate surface area is 188 Å². The molecule has 0 N–H and O–H groups in total. The minimum Gasteiger partial charge on any atom is -0.492 e. The van der Waals surface area contributed by atoms with E-state index in [-0.39, 0.29) is 0 Å². The Hall–Kier alpha value is -1.95. The lowest BCUT2D eigenvalue weighted by Gasteiger charge is -2.35. The minimum absolute atomic E-state index is 0.779. The van der Waals surface area contributed by atoms with Gasteiger partial charge in [0, 0.05) is 64.1 Å². The fraction of sp³-hybridized carbons (Fsp3) is 0.577. The first-order chi connectivity index (χ1) is 15.2. The average molecular weight is 423 g/mol. The molecule has 0 aliphatic carbocycles. The van der Waals surface area contributed by atoms with Crippen LogP contribution in [0.25, 0.3) is 0 Å². The zero-order chi connectivity index (χ0) is 21.5. The quantitative estimate of drug-likeness (QED) is 0.646. The van der Waals surface area contributed by atoms with Gasteiger partial charge in [-0.3, -0.25) is 19.7 Å². The highest BCUT2D eigenvalue weighted by atomic mass is 16.5. The number of aromatic nitrogens is 1. The van der Waals surface area contributed by atoms with Crippen LogP contribution in [0.4, 0.5) is 0 Å². The van der Waals surface area contributed by atoms with Gasteiger partial charge in [-0.25, -0.2) is 0 Å². The Morgan fingerprint density at radius 2 is 1.71 bits per heavy atom. The van der Waals surface area contributed by atoms with Gasteiger partial charge in [0.15, 0.2) is 0 Å².